The van der Waals surface area contributed by atoms with Crippen LogP contribution < -0.4 is 5.00 Å². The van der Waals surface area contributed by atoms with Crippen LogP contribution in [0.25, 0.3) is 0 Å². The van der Waals surface area contributed by atoms with E-state index < -0.39 is 7.60 Å². The van der Waals surface area contributed by atoms with Crippen molar-refractivity contribution < 1.29 is 14.1 Å². The standard InChI is InChI=1S/C2H7ClNO3P/c1-2-8(5,6)7-4-3/h4H,2H2,1H3,(H,5,6). The fourth-order valence-electron chi connectivity index (χ4n) is 0.118. The van der Waals surface area contributed by atoms with Gasteiger partial charge >= 0.3 is 7.60 Å². The van der Waals surface area contributed by atoms with Gasteiger partial charge in [-0.3, -0.25) is 4.57 Å². The van der Waals surface area contributed by atoms with Crippen molar-refractivity contribution in [2.75, 3.05) is 6.16 Å². The van der Waals surface area contributed by atoms with Gasteiger partial charge in [0.15, 0.2) is 0 Å². The number of rotatable bonds is 3. The lowest BCUT2D eigenvalue weighted by atomic mass is 11.0. The molecule has 0 saturated heterocycles. The van der Waals surface area contributed by atoms with Gasteiger partial charge in [-0.1, -0.05) is 6.92 Å². The van der Waals surface area contributed by atoms with Crippen LogP contribution in [0.5, 0.6) is 0 Å². The van der Waals surface area contributed by atoms with E-state index in [1.807, 2.05) is 0 Å². The summed E-state index contributed by atoms with van der Waals surface area (Å²) in [6.45, 7) is 1.52. The molecule has 1 unspecified atom stereocenters. The van der Waals surface area contributed by atoms with E-state index in [2.05, 4.69) is 4.62 Å². The summed E-state index contributed by atoms with van der Waals surface area (Å²) in [5.41, 5.74) is 0. The van der Waals surface area contributed by atoms with Crippen molar-refractivity contribution in [2.45, 2.75) is 6.92 Å². The Bertz CT molecular complexity index is 107. The highest BCUT2D eigenvalue weighted by atomic mass is 35.5. The summed E-state index contributed by atoms with van der Waals surface area (Å²) in [6.07, 6.45) is 0.0483. The second kappa shape index (κ2) is 3.43. The molecule has 0 aromatic heterocycles. The quantitative estimate of drug-likeness (QED) is 0.364. The SMILES string of the molecule is CCP(=O)(O)ONCl. The van der Waals surface area contributed by atoms with Crippen LogP contribution in [-0.2, 0) is 9.19 Å². The van der Waals surface area contributed by atoms with E-state index in [9.17, 15) is 4.57 Å². The van der Waals surface area contributed by atoms with Gasteiger partial charge in [0.05, 0.1) is 0 Å². The van der Waals surface area contributed by atoms with Gasteiger partial charge in [-0.05, 0) is 0 Å². The molecule has 0 heterocycles. The average molecular weight is 160 g/mol. The molecule has 2 N–H and O–H groups in total. The van der Waals surface area contributed by atoms with E-state index in [-0.39, 0.29) is 6.16 Å². The molecular formula is C2H7ClNO3P. The third kappa shape index (κ3) is 3.41. The first-order valence-corrected chi connectivity index (χ1v) is 4.12. The van der Waals surface area contributed by atoms with E-state index in [0.29, 0.717) is 0 Å². The van der Waals surface area contributed by atoms with Crippen LogP contribution in [0.2, 0.25) is 0 Å². The molecule has 4 nitrogen and oxygen atoms in total. The summed E-state index contributed by atoms with van der Waals surface area (Å²) >= 11 is 4.76. The van der Waals surface area contributed by atoms with E-state index in [1.165, 1.54) is 6.92 Å². The van der Waals surface area contributed by atoms with Gasteiger partial charge in [0, 0.05) is 17.9 Å². The maximum Gasteiger partial charge on any atom is 0.345 e. The van der Waals surface area contributed by atoms with Gasteiger partial charge in [0.1, 0.15) is 0 Å². The van der Waals surface area contributed by atoms with Gasteiger partial charge in [0.25, 0.3) is 0 Å². The molecule has 0 rings (SSSR count). The smallest absolute Gasteiger partial charge is 0.323 e. The summed E-state index contributed by atoms with van der Waals surface area (Å²) in [5.74, 6) is 0. The average Bonchev–Trinajstić information content (AvgIpc) is 1.67. The van der Waals surface area contributed by atoms with Gasteiger partial charge in [-0.15, -0.1) is 5.00 Å². The molecule has 1 atom stereocenters. The molecule has 0 aliphatic heterocycles. The number of hydrogen-bond donors (Lipinski definition) is 2. The van der Waals surface area contributed by atoms with Crippen LogP contribution in [0.4, 0.5) is 0 Å². The van der Waals surface area contributed by atoms with E-state index in [1.54, 1.807) is 5.00 Å². The van der Waals surface area contributed by atoms with E-state index in [0.717, 1.165) is 0 Å². The second-order valence-electron chi connectivity index (χ2n) is 1.12. The fraction of sp³-hybridized carbons (Fsp3) is 1.00. The summed E-state index contributed by atoms with van der Waals surface area (Å²) in [5, 5.41) is 0. The molecule has 0 aromatic rings. The lowest BCUT2D eigenvalue weighted by molar-refractivity contribution is 0.230. The molecule has 0 spiro atoms. The Balaban J connectivity index is 3.55. The maximum absolute atomic E-state index is 10.4. The molecule has 8 heavy (non-hydrogen) atoms. The Morgan fingerprint density at radius 3 is 2.62 bits per heavy atom. The fourth-order valence-corrected chi connectivity index (χ4v) is 0.679. The summed E-state index contributed by atoms with van der Waals surface area (Å²) in [7, 11) is -3.42. The Kier molecular flexibility index (Phi) is 3.60. The molecular weight excluding hydrogens is 152 g/mol. The Morgan fingerprint density at radius 2 is 2.50 bits per heavy atom. The molecule has 0 aromatic carbocycles. The van der Waals surface area contributed by atoms with Crippen molar-refractivity contribution >= 4 is 19.4 Å². The largest absolute Gasteiger partial charge is 0.345 e. The highest BCUT2D eigenvalue weighted by Gasteiger charge is 2.14. The number of hydrogen-bond acceptors (Lipinski definition) is 3. The van der Waals surface area contributed by atoms with Crippen molar-refractivity contribution in [1.29, 1.82) is 0 Å². The van der Waals surface area contributed by atoms with Crippen molar-refractivity contribution in [2.24, 2.45) is 0 Å². The van der Waals surface area contributed by atoms with Gasteiger partial charge < -0.3 is 4.89 Å². The molecule has 0 bridgehead atoms. The highest BCUT2D eigenvalue weighted by molar-refractivity contribution is 7.52. The third-order valence-corrected chi connectivity index (χ3v) is 1.94. The monoisotopic (exact) mass is 159 g/mol. The molecule has 0 aliphatic rings. The molecule has 0 fully saturated rings. The van der Waals surface area contributed by atoms with Gasteiger partial charge in [-0.25, -0.2) is 4.62 Å². The van der Waals surface area contributed by atoms with Crippen LogP contribution in [0.3, 0.4) is 0 Å². The van der Waals surface area contributed by atoms with Crippen LogP contribution in [0.15, 0.2) is 0 Å². The lowest BCUT2D eigenvalue weighted by Gasteiger charge is -2.03. The van der Waals surface area contributed by atoms with E-state index in [4.69, 9.17) is 16.7 Å². The first-order chi connectivity index (χ1) is 3.62. The number of halogens is 1. The van der Waals surface area contributed by atoms with Crippen LogP contribution in [0.1, 0.15) is 6.92 Å². The Morgan fingerprint density at radius 1 is 2.00 bits per heavy atom. The molecule has 0 radical (unpaired) electrons. The van der Waals surface area contributed by atoms with Crippen molar-refractivity contribution in [3.63, 3.8) is 0 Å². The first-order valence-electron chi connectivity index (χ1n) is 1.98. The predicted molar refractivity (Wildman–Crippen MR) is 30.4 cm³/mol. The minimum Gasteiger partial charge on any atom is -0.323 e. The summed E-state index contributed by atoms with van der Waals surface area (Å²) < 4.78 is 14.4. The molecule has 6 heteroatoms. The zero-order valence-corrected chi connectivity index (χ0v) is 5.95. The van der Waals surface area contributed by atoms with Crippen LogP contribution >= 0.6 is 19.4 Å². The summed E-state index contributed by atoms with van der Waals surface area (Å²) in [4.78, 5) is 10.1. The minimum absolute atomic E-state index is 0.0483. The predicted octanol–water partition coefficient (Wildman–Crippen LogP) is 0.867. The van der Waals surface area contributed by atoms with E-state index >= 15 is 0 Å². The molecule has 0 aliphatic carbocycles. The first kappa shape index (κ1) is 8.40. The Labute approximate surface area is 52.4 Å². The van der Waals surface area contributed by atoms with Crippen molar-refractivity contribution in [3.05, 3.63) is 0 Å². The van der Waals surface area contributed by atoms with Crippen LogP contribution in [0, 0.1) is 0 Å². The van der Waals surface area contributed by atoms with Crippen LogP contribution in [-0.4, -0.2) is 11.1 Å². The zero-order valence-electron chi connectivity index (χ0n) is 4.30. The maximum atomic E-state index is 10.4. The molecule has 0 amide bonds. The number of nitrogens with one attached hydrogen (secondary N) is 1. The Hall–Kier alpha value is 0.400. The summed E-state index contributed by atoms with van der Waals surface area (Å²) in [6, 6.07) is 0. The molecule has 50 valence electrons. The molecule has 0 saturated carbocycles. The zero-order chi connectivity index (χ0) is 6.62. The normalized spacial score (nSPS) is 17.9. The van der Waals surface area contributed by atoms with Crippen molar-refractivity contribution in [1.82, 2.24) is 5.00 Å². The second-order valence-corrected chi connectivity index (χ2v) is 3.37. The highest BCUT2D eigenvalue weighted by Crippen LogP contribution is 2.39. The van der Waals surface area contributed by atoms with Gasteiger partial charge in [0.2, 0.25) is 0 Å². The minimum atomic E-state index is -3.42. The third-order valence-electron chi connectivity index (χ3n) is 0.577. The van der Waals surface area contributed by atoms with Crippen molar-refractivity contribution in [3.8, 4) is 0 Å². The van der Waals surface area contributed by atoms with Gasteiger partial charge in [-0.2, -0.15) is 0 Å². The lowest BCUT2D eigenvalue weighted by Crippen LogP contribution is -1.99. The topological polar surface area (TPSA) is 58.6 Å².